The summed E-state index contributed by atoms with van der Waals surface area (Å²) in [5, 5.41) is 0.577. The second-order valence-corrected chi connectivity index (χ2v) is 8.92. The number of thioether (sulfide) groups is 1. The Morgan fingerprint density at radius 3 is 2.43 bits per heavy atom. The molecule has 0 spiro atoms. The molecule has 0 atom stereocenters. The lowest BCUT2D eigenvalue weighted by molar-refractivity contribution is -0.124. The van der Waals surface area contributed by atoms with E-state index in [1.165, 1.54) is 24.2 Å². The summed E-state index contributed by atoms with van der Waals surface area (Å²) in [4.78, 5) is 22.4. The Labute approximate surface area is 181 Å². The van der Waals surface area contributed by atoms with Crippen LogP contribution in [0.15, 0.2) is 58.4 Å². The van der Waals surface area contributed by atoms with E-state index in [0.29, 0.717) is 10.1 Å². The van der Waals surface area contributed by atoms with Crippen molar-refractivity contribution in [1.82, 2.24) is 4.90 Å². The maximum Gasteiger partial charge on any atom is 0.267 e. The number of nitrogens with zero attached hydrogens (tertiary/aromatic N) is 3. The summed E-state index contributed by atoms with van der Waals surface area (Å²) in [6.45, 7) is 0. The maximum absolute atomic E-state index is 14.2. The van der Waals surface area contributed by atoms with Crippen molar-refractivity contribution in [3.8, 4) is 0 Å². The van der Waals surface area contributed by atoms with Gasteiger partial charge in [0.1, 0.15) is 11.5 Å². The number of benzene rings is 2. The van der Waals surface area contributed by atoms with E-state index in [2.05, 4.69) is 4.99 Å². The van der Waals surface area contributed by atoms with Crippen LogP contribution in [0, 0.1) is 5.82 Å². The molecule has 0 aromatic heterocycles. The highest BCUT2D eigenvalue weighted by Gasteiger charge is 2.38. The predicted molar refractivity (Wildman–Crippen MR) is 124 cm³/mol. The SMILES string of the molecule is CN(C)c1ccc(/C=C2\SC(=Nc3ccccc3F)N(C3CCCCC3)C2=O)cc1. The zero-order chi connectivity index (χ0) is 21.1. The Bertz CT molecular complexity index is 978. The minimum absolute atomic E-state index is 0.0290. The molecular formula is C24H26FN3OS. The van der Waals surface area contributed by atoms with Gasteiger partial charge in [-0.2, -0.15) is 0 Å². The molecule has 1 aliphatic carbocycles. The number of amides is 1. The van der Waals surface area contributed by atoms with Crippen molar-refractivity contribution in [2.24, 2.45) is 4.99 Å². The number of carbonyl (C=O) groups excluding carboxylic acids is 1. The lowest BCUT2D eigenvalue weighted by Gasteiger charge is -2.30. The van der Waals surface area contributed by atoms with E-state index in [0.717, 1.165) is 36.9 Å². The third-order valence-electron chi connectivity index (χ3n) is 5.55. The highest BCUT2D eigenvalue weighted by molar-refractivity contribution is 8.18. The molecule has 0 N–H and O–H groups in total. The van der Waals surface area contributed by atoms with Crippen LogP contribution >= 0.6 is 11.8 Å². The van der Waals surface area contributed by atoms with Crippen LogP contribution in [0.2, 0.25) is 0 Å². The third kappa shape index (κ3) is 4.43. The number of hydrogen-bond acceptors (Lipinski definition) is 4. The van der Waals surface area contributed by atoms with Gasteiger partial charge in [0.2, 0.25) is 0 Å². The topological polar surface area (TPSA) is 35.9 Å². The van der Waals surface area contributed by atoms with Gasteiger partial charge in [-0.25, -0.2) is 9.38 Å². The van der Waals surface area contributed by atoms with Crippen molar-refractivity contribution in [3.05, 3.63) is 64.8 Å². The van der Waals surface area contributed by atoms with E-state index in [1.807, 2.05) is 49.3 Å². The number of aliphatic imine (C=N–C) groups is 1. The number of amidine groups is 1. The molecule has 30 heavy (non-hydrogen) atoms. The van der Waals surface area contributed by atoms with Gasteiger partial charge < -0.3 is 4.90 Å². The van der Waals surface area contributed by atoms with Gasteiger partial charge in [0.25, 0.3) is 5.91 Å². The molecule has 0 radical (unpaired) electrons. The van der Waals surface area contributed by atoms with Crippen molar-refractivity contribution in [2.45, 2.75) is 38.1 Å². The third-order valence-corrected chi connectivity index (χ3v) is 6.54. The highest BCUT2D eigenvalue weighted by atomic mass is 32.2. The van der Waals surface area contributed by atoms with Crippen LogP contribution < -0.4 is 4.90 Å². The average Bonchev–Trinajstić information content (AvgIpc) is 3.05. The molecule has 1 amide bonds. The predicted octanol–water partition coefficient (Wildman–Crippen LogP) is 5.83. The van der Waals surface area contributed by atoms with Gasteiger partial charge in [-0.3, -0.25) is 9.69 Å². The molecule has 1 saturated carbocycles. The molecule has 1 heterocycles. The van der Waals surface area contributed by atoms with Crippen molar-refractivity contribution in [3.63, 3.8) is 0 Å². The molecule has 0 bridgehead atoms. The Morgan fingerprint density at radius 2 is 1.77 bits per heavy atom. The molecule has 2 fully saturated rings. The summed E-state index contributed by atoms with van der Waals surface area (Å²) >= 11 is 1.34. The Hall–Kier alpha value is -2.60. The van der Waals surface area contributed by atoms with Crippen molar-refractivity contribution >= 4 is 40.3 Å². The summed E-state index contributed by atoms with van der Waals surface area (Å²) in [7, 11) is 3.99. The quantitative estimate of drug-likeness (QED) is 0.581. The molecule has 2 aromatic carbocycles. The van der Waals surface area contributed by atoms with Crippen LogP contribution in [0.1, 0.15) is 37.7 Å². The molecule has 156 valence electrons. The second kappa shape index (κ2) is 9.04. The van der Waals surface area contributed by atoms with E-state index in [1.54, 1.807) is 23.1 Å². The first kappa shape index (κ1) is 20.7. The van der Waals surface area contributed by atoms with Crippen LogP contribution in [0.3, 0.4) is 0 Å². The molecule has 1 aliphatic heterocycles. The Balaban J connectivity index is 1.68. The normalized spacial score (nSPS) is 20.4. The number of hydrogen-bond donors (Lipinski definition) is 0. The zero-order valence-electron chi connectivity index (χ0n) is 17.3. The zero-order valence-corrected chi connectivity index (χ0v) is 18.2. The van der Waals surface area contributed by atoms with Crippen LogP contribution in [0.5, 0.6) is 0 Å². The van der Waals surface area contributed by atoms with E-state index in [9.17, 15) is 9.18 Å². The fraction of sp³-hybridized carbons (Fsp3) is 0.333. The second-order valence-electron chi connectivity index (χ2n) is 7.91. The number of rotatable bonds is 4. The van der Waals surface area contributed by atoms with Gasteiger partial charge in [0.05, 0.1) is 4.91 Å². The minimum Gasteiger partial charge on any atom is -0.378 e. The van der Waals surface area contributed by atoms with Gasteiger partial charge in [-0.05, 0) is 60.5 Å². The lowest BCUT2D eigenvalue weighted by atomic mass is 9.94. The number of carbonyl (C=O) groups is 1. The number of anilines is 1. The van der Waals surface area contributed by atoms with Gasteiger partial charge >= 0.3 is 0 Å². The smallest absolute Gasteiger partial charge is 0.267 e. The first-order valence-corrected chi connectivity index (χ1v) is 11.2. The molecule has 6 heteroatoms. The van der Waals surface area contributed by atoms with Crippen LogP contribution in [-0.4, -0.2) is 36.1 Å². The van der Waals surface area contributed by atoms with E-state index >= 15 is 0 Å². The van der Waals surface area contributed by atoms with E-state index < -0.39 is 0 Å². The molecule has 0 unspecified atom stereocenters. The number of para-hydroxylation sites is 1. The van der Waals surface area contributed by atoms with Gasteiger partial charge in [-0.15, -0.1) is 0 Å². The molecule has 1 saturated heterocycles. The van der Waals surface area contributed by atoms with Crippen LogP contribution in [-0.2, 0) is 4.79 Å². The molecule has 2 aromatic rings. The van der Waals surface area contributed by atoms with Crippen LogP contribution in [0.25, 0.3) is 6.08 Å². The standard InChI is InChI=1S/C24H26FN3OS/c1-27(2)18-14-12-17(13-15-18)16-22-23(29)28(19-8-4-3-5-9-19)24(30-22)26-21-11-7-6-10-20(21)25/h6-7,10-16,19H,3-5,8-9H2,1-2H3/b22-16-,26-24?. The molecule has 4 rings (SSSR count). The van der Waals surface area contributed by atoms with E-state index in [-0.39, 0.29) is 23.5 Å². The van der Waals surface area contributed by atoms with Gasteiger partial charge in [0.15, 0.2) is 5.17 Å². The summed E-state index contributed by atoms with van der Waals surface area (Å²) in [6.07, 6.45) is 7.26. The van der Waals surface area contributed by atoms with Crippen molar-refractivity contribution < 1.29 is 9.18 Å². The maximum atomic E-state index is 14.2. The highest BCUT2D eigenvalue weighted by Crippen LogP contribution is 2.38. The van der Waals surface area contributed by atoms with Gasteiger partial charge in [-0.1, -0.05) is 43.5 Å². The fourth-order valence-electron chi connectivity index (χ4n) is 3.89. The summed E-state index contributed by atoms with van der Waals surface area (Å²) < 4.78 is 14.2. The molecule has 4 nitrogen and oxygen atoms in total. The largest absolute Gasteiger partial charge is 0.378 e. The first-order chi connectivity index (χ1) is 14.5. The summed E-state index contributed by atoms with van der Waals surface area (Å²) in [5.74, 6) is -0.406. The van der Waals surface area contributed by atoms with Crippen molar-refractivity contribution in [2.75, 3.05) is 19.0 Å². The Morgan fingerprint density at radius 1 is 1.07 bits per heavy atom. The minimum atomic E-state index is -0.377. The summed E-state index contributed by atoms with van der Waals surface area (Å²) in [6, 6.07) is 14.7. The monoisotopic (exact) mass is 423 g/mol. The Kier molecular flexibility index (Phi) is 6.23. The molecular weight excluding hydrogens is 397 g/mol. The number of halogens is 1. The van der Waals surface area contributed by atoms with E-state index in [4.69, 9.17) is 0 Å². The fourth-order valence-corrected chi connectivity index (χ4v) is 4.94. The first-order valence-electron chi connectivity index (χ1n) is 10.4. The van der Waals surface area contributed by atoms with Crippen molar-refractivity contribution in [1.29, 1.82) is 0 Å². The van der Waals surface area contributed by atoms with Crippen LogP contribution in [0.4, 0.5) is 15.8 Å². The summed E-state index contributed by atoms with van der Waals surface area (Å²) in [5.41, 5.74) is 2.34. The molecule has 2 aliphatic rings. The lowest BCUT2D eigenvalue weighted by Crippen LogP contribution is -2.40. The van der Waals surface area contributed by atoms with Gasteiger partial charge in [0, 0.05) is 25.8 Å². The average molecular weight is 424 g/mol.